The van der Waals surface area contributed by atoms with Crippen molar-refractivity contribution in [2.24, 2.45) is 11.7 Å². The highest BCUT2D eigenvalue weighted by Gasteiger charge is 2.35. The monoisotopic (exact) mass is 344 g/mol. The Labute approximate surface area is 139 Å². The van der Waals surface area contributed by atoms with Crippen molar-refractivity contribution in [1.29, 1.82) is 0 Å². The number of ether oxygens (including phenoxy) is 2. The fourth-order valence-electron chi connectivity index (χ4n) is 2.58. The number of nitrogens with two attached hydrogens (primary N) is 1. The predicted molar refractivity (Wildman–Crippen MR) is 81.7 cm³/mol. The molecule has 0 radical (unpaired) electrons. The molecule has 1 aliphatic carbocycles. The van der Waals surface area contributed by atoms with Gasteiger partial charge in [-0.15, -0.1) is 0 Å². The molecule has 0 bridgehead atoms. The predicted octanol–water partition coefficient (Wildman–Crippen LogP) is -0.432. The summed E-state index contributed by atoms with van der Waals surface area (Å²) in [6.07, 6.45) is 2.39. The lowest BCUT2D eigenvalue weighted by molar-refractivity contribution is -0.163. The number of rotatable bonds is 7. The third kappa shape index (κ3) is 6.15. The van der Waals surface area contributed by atoms with Crippen LogP contribution in [0.5, 0.6) is 0 Å². The number of aliphatic carboxylic acids is 1. The molecule has 1 amide bonds. The number of carbonyl (C=O) groups is 4. The summed E-state index contributed by atoms with van der Waals surface area (Å²) in [5, 5.41) is 10.7. The highest BCUT2D eigenvalue weighted by atomic mass is 16.6. The van der Waals surface area contributed by atoms with Crippen molar-refractivity contribution in [3.63, 3.8) is 0 Å². The molecule has 9 nitrogen and oxygen atoms in total. The van der Waals surface area contributed by atoms with E-state index < -0.39 is 42.3 Å². The van der Waals surface area contributed by atoms with Gasteiger partial charge in [-0.05, 0) is 25.2 Å². The fourth-order valence-corrected chi connectivity index (χ4v) is 2.58. The van der Waals surface area contributed by atoms with E-state index in [1.807, 2.05) is 6.92 Å². The van der Waals surface area contributed by atoms with Crippen LogP contribution in [0.3, 0.4) is 0 Å². The van der Waals surface area contributed by atoms with Crippen LogP contribution >= 0.6 is 0 Å². The summed E-state index contributed by atoms with van der Waals surface area (Å²) in [7, 11) is 1.06. The van der Waals surface area contributed by atoms with E-state index in [1.54, 1.807) is 0 Å². The van der Waals surface area contributed by atoms with Gasteiger partial charge in [0.15, 0.2) is 0 Å². The number of carboxylic acid groups (broad SMARTS) is 1. The van der Waals surface area contributed by atoms with Gasteiger partial charge in [0.1, 0.15) is 6.10 Å². The topological polar surface area (TPSA) is 145 Å². The van der Waals surface area contributed by atoms with E-state index in [2.05, 4.69) is 10.1 Å². The highest BCUT2D eigenvalue weighted by Crippen LogP contribution is 2.26. The van der Waals surface area contributed by atoms with Gasteiger partial charge >= 0.3 is 17.9 Å². The molecule has 0 aromatic carbocycles. The van der Waals surface area contributed by atoms with E-state index in [9.17, 15) is 19.2 Å². The Hall–Kier alpha value is -2.16. The number of methoxy groups -OCH3 is 1. The number of nitrogens with one attached hydrogen (secondary N) is 1. The second kappa shape index (κ2) is 9.21. The zero-order valence-electron chi connectivity index (χ0n) is 13.8. The molecular formula is C15H24N2O7. The molecule has 0 aromatic heterocycles. The van der Waals surface area contributed by atoms with Crippen LogP contribution in [0, 0.1) is 5.92 Å². The van der Waals surface area contributed by atoms with Crippen LogP contribution in [0.25, 0.3) is 0 Å². The molecule has 0 heterocycles. The third-order valence-electron chi connectivity index (χ3n) is 3.86. The maximum atomic E-state index is 12.2. The van der Waals surface area contributed by atoms with Crippen molar-refractivity contribution < 1.29 is 33.8 Å². The Morgan fingerprint density at radius 3 is 2.46 bits per heavy atom. The molecule has 0 spiro atoms. The van der Waals surface area contributed by atoms with E-state index in [1.165, 1.54) is 0 Å². The minimum absolute atomic E-state index is 0.321. The minimum atomic E-state index is -1.67. The normalized spacial score (nSPS) is 22.8. The highest BCUT2D eigenvalue weighted by molar-refractivity contribution is 6.03. The van der Waals surface area contributed by atoms with Crippen molar-refractivity contribution in [1.82, 2.24) is 5.32 Å². The van der Waals surface area contributed by atoms with Crippen molar-refractivity contribution in [2.45, 2.75) is 57.2 Å². The lowest BCUT2D eigenvalue weighted by atomic mass is 9.89. The van der Waals surface area contributed by atoms with Crippen LogP contribution in [0.15, 0.2) is 0 Å². The van der Waals surface area contributed by atoms with Crippen molar-refractivity contribution in [3.8, 4) is 0 Å². The average Bonchev–Trinajstić information content (AvgIpc) is 2.50. The van der Waals surface area contributed by atoms with Gasteiger partial charge in [-0.1, -0.05) is 13.3 Å². The Balaban J connectivity index is 2.70. The SMILES string of the molecule is COC(=O)C(NC(=O)C(N)CC(=O)O)C(=O)OC1CCCC(C)C1. The third-order valence-corrected chi connectivity index (χ3v) is 3.86. The van der Waals surface area contributed by atoms with Crippen molar-refractivity contribution in [2.75, 3.05) is 7.11 Å². The Morgan fingerprint density at radius 1 is 1.25 bits per heavy atom. The quantitative estimate of drug-likeness (QED) is 0.416. The molecule has 4 atom stereocenters. The van der Waals surface area contributed by atoms with E-state index >= 15 is 0 Å². The standard InChI is InChI=1S/C15H24N2O7/c1-8-4-3-5-9(6-8)24-15(22)12(14(21)23-2)17-13(20)10(16)7-11(18)19/h8-10,12H,3-7,16H2,1-2H3,(H,17,20)(H,18,19). The van der Waals surface area contributed by atoms with Gasteiger partial charge in [0.2, 0.25) is 11.9 Å². The van der Waals surface area contributed by atoms with Crippen LogP contribution in [0.2, 0.25) is 0 Å². The molecular weight excluding hydrogens is 320 g/mol. The van der Waals surface area contributed by atoms with Gasteiger partial charge in [0, 0.05) is 0 Å². The fraction of sp³-hybridized carbons (Fsp3) is 0.733. The Bertz CT molecular complexity index is 494. The van der Waals surface area contributed by atoms with Crippen LogP contribution in [-0.4, -0.2) is 54.2 Å². The summed E-state index contributed by atoms with van der Waals surface area (Å²) in [6.45, 7) is 2.05. The number of amides is 1. The molecule has 4 unspecified atom stereocenters. The number of hydrogen-bond donors (Lipinski definition) is 3. The maximum absolute atomic E-state index is 12.2. The average molecular weight is 344 g/mol. The van der Waals surface area contributed by atoms with Gasteiger partial charge in [0.05, 0.1) is 19.6 Å². The number of esters is 2. The molecule has 1 rings (SSSR count). The van der Waals surface area contributed by atoms with Crippen LogP contribution < -0.4 is 11.1 Å². The summed E-state index contributed by atoms with van der Waals surface area (Å²) in [6, 6.07) is -3.06. The zero-order valence-corrected chi connectivity index (χ0v) is 13.8. The maximum Gasteiger partial charge on any atom is 0.340 e. The van der Waals surface area contributed by atoms with Crippen molar-refractivity contribution in [3.05, 3.63) is 0 Å². The van der Waals surface area contributed by atoms with Crippen LogP contribution in [0.4, 0.5) is 0 Å². The molecule has 4 N–H and O–H groups in total. The number of hydrogen-bond acceptors (Lipinski definition) is 7. The molecule has 24 heavy (non-hydrogen) atoms. The molecule has 1 fully saturated rings. The van der Waals surface area contributed by atoms with E-state index in [-0.39, 0.29) is 6.10 Å². The molecule has 0 aliphatic heterocycles. The first-order valence-electron chi connectivity index (χ1n) is 7.80. The lowest BCUT2D eigenvalue weighted by Crippen LogP contribution is -2.53. The Morgan fingerprint density at radius 2 is 1.92 bits per heavy atom. The molecule has 0 saturated heterocycles. The minimum Gasteiger partial charge on any atom is -0.481 e. The summed E-state index contributed by atoms with van der Waals surface area (Å²) in [5.41, 5.74) is 5.41. The number of carbonyl (C=O) groups excluding carboxylic acids is 3. The van der Waals surface area contributed by atoms with Crippen LogP contribution in [-0.2, 0) is 28.7 Å². The molecule has 1 saturated carbocycles. The summed E-state index contributed by atoms with van der Waals surface area (Å²) in [5.74, 6) is -3.74. The van der Waals surface area contributed by atoms with E-state index in [0.717, 1.165) is 20.0 Å². The lowest BCUT2D eigenvalue weighted by Gasteiger charge is -2.28. The van der Waals surface area contributed by atoms with Crippen molar-refractivity contribution >= 4 is 23.8 Å². The first-order chi connectivity index (χ1) is 11.2. The Kier molecular flexibility index (Phi) is 7.63. The van der Waals surface area contributed by atoms with Gasteiger partial charge in [-0.25, -0.2) is 9.59 Å². The van der Waals surface area contributed by atoms with Crippen LogP contribution in [0.1, 0.15) is 39.0 Å². The molecule has 136 valence electrons. The molecule has 0 aromatic rings. The first-order valence-corrected chi connectivity index (χ1v) is 7.80. The van der Waals surface area contributed by atoms with Gasteiger partial charge in [0.25, 0.3) is 0 Å². The van der Waals surface area contributed by atoms with E-state index in [0.29, 0.717) is 18.8 Å². The summed E-state index contributed by atoms with van der Waals surface area (Å²) < 4.78 is 9.79. The van der Waals surface area contributed by atoms with Gasteiger partial charge in [-0.3, -0.25) is 9.59 Å². The second-order valence-corrected chi connectivity index (χ2v) is 6.00. The largest absolute Gasteiger partial charge is 0.481 e. The number of carboxylic acids is 1. The molecule has 1 aliphatic rings. The second-order valence-electron chi connectivity index (χ2n) is 6.00. The zero-order chi connectivity index (χ0) is 18.3. The summed E-state index contributed by atoms with van der Waals surface area (Å²) >= 11 is 0. The smallest absolute Gasteiger partial charge is 0.340 e. The summed E-state index contributed by atoms with van der Waals surface area (Å²) in [4.78, 5) is 46.4. The van der Waals surface area contributed by atoms with E-state index in [4.69, 9.17) is 15.6 Å². The molecule has 9 heteroatoms. The van der Waals surface area contributed by atoms with Gasteiger partial charge in [-0.2, -0.15) is 0 Å². The first kappa shape index (κ1) is 19.9. The van der Waals surface area contributed by atoms with Gasteiger partial charge < -0.3 is 25.6 Å².